The third kappa shape index (κ3) is 380. The van der Waals surface area contributed by atoms with Gasteiger partial charge in [0.1, 0.15) is 0 Å². The molecule has 0 heterocycles. The average molecular weight is 495 g/mol. The number of hydrogen-bond acceptors (Lipinski definition) is 0. The molecule has 0 N–H and O–H groups in total. The maximum atomic E-state index is 2.21. The molecule has 0 amide bonds. The molecular weight excluding hydrogens is 408 g/mol. The van der Waals surface area contributed by atoms with E-state index in [0.29, 0.717) is 0 Å². The van der Waals surface area contributed by atoms with Crippen LogP contribution in [0.4, 0.5) is 0 Å². The fourth-order valence-electron chi connectivity index (χ4n) is 0.707. The zero-order valence-corrected chi connectivity index (χ0v) is 29.3. The van der Waals surface area contributed by atoms with Gasteiger partial charge < -0.3 is 0 Å². The van der Waals surface area contributed by atoms with Gasteiger partial charge in [-0.1, -0.05) is 227 Å². The predicted octanol–water partition coefficient (Wildman–Crippen LogP) is 15.5. The van der Waals surface area contributed by atoms with Crippen LogP contribution in [0.2, 0.25) is 0 Å². The summed E-state index contributed by atoms with van der Waals surface area (Å²) < 4.78 is 0. The molecule has 0 aliphatic rings. The fourth-order valence-corrected chi connectivity index (χ4v) is 0.707. The largest absolute Gasteiger partial charge is 0.0683 e. The second-order valence-electron chi connectivity index (χ2n) is 7.71. The zero-order chi connectivity index (χ0) is 29.3. The van der Waals surface area contributed by atoms with Gasteiger partial charge in [0.2, 0.25) is 0 Å². The molecule has 0 saturated carbocycles. The highest BCUT2D eigenvalue weighted by molar-refractivity contribution is 4.24. The van der Waals surface area contributed by atoms with Gasteiger partial charge in [0.15, 0.2) is 0 Å². The summed E-state index contributed by atoms with van der Waals surface area (Å²) in [4.78, 5) is 0. The lowest BCUT2D eigenvalue weighted by Gasteiger charge is -1.79. The van der Waals surface area contributed by atoms with Gasteiger partial charge in [0.25, 0.3) is 0 Å². The smallest absolute Gasteiger partial charge is 0.0538 e. The molecule has 0 aromatic rings. The molecular formula is C34H86. The van der Waals surface area contributed by atoms with Crippen LogP contribution in [-0.2, 0) is 0 Å². The van der Waals surface area contributed by atoms with Crippen LogP contribution in [0.25, 0.3) is 0 Å². The summed E-state index contributed by atoms with van der Waals surface area (Å²) in [5.74, 6) is 0. The third-order valence-corrected chi connectivity index (χ3v) is 3.91. The molecule has 0 radical (unpaired) electrons. The van der Waals surface area contributed by atoms with E-state index in [1.165, 1.54) is 103 Å². The molecule has 0 aliphatic heterocycles. The minimum Gasteiger partial charge on any atom is -0.0683 e. The van der Waals surface area contributed by atoms with Crippen LogP contribution in [0.1, 0.15) is 227 Å². The van der Waals surface area contributed by atoms with Crippen LogP contribution in [0.5, 0.6) is 0 Å². The molecule has 0 atom stereocenters. The summed E-state index contributed by atoms with van der Waals surface area (Å²) in [6.45, 7) is 38.7. The van der Waals surface area contributed by atoms with Gasteiger partial charge in [-0.05, 0) is 0 Å². The highest BCUT2D eigenvalue weighted by Crippen LogP contribution is 1.88. The second-order valence-corrected chi connectivity index (χ2v) is 7.71. The third-order valence-electron chi connectivity index (χ3n) is 3.91. The molecule has 0 nitrogen and oxygen atoms in total. The van der Waals surface area contributed by atoms with E-state index in [4.69, 9.17) is 0 Å². The number of unbranched alkanes of at least 4 members (excludes halogenated alkanes) is 9. The molecule has 0 unspecified atom stereocenters. The van der Waals surface area contributed by atoms with Crippen molar-refractivity contribution in [3.8, 4) is 0 Å². The Balaban J connectivity index is -0.0000000299. The standard InChI is InChI=1S/2C5H12.5C4H10.2C2H6/c2*1-3-5-4-2;5*1-3-4-2;2*1-2/h2*3-5H2,1-2H3;5*3-4H2,1-2H3;2*1-2H3. The minimum absolute atomic E-state index is 1.32. The maximum absolute atomic E-state index is 2.21. The van der Waals surface area contributed by atoms with E-state index in [0.717, 1.165) is 0 Å². The van der Waals surface area contributed by atoms with Gasteiger partial charge in [-0.3, -0.25) is 0 Å². The van der Waals surface area contributed by atoms with Crippen LogP contribution >= 0.6 is 0 Å². The summed E-state index contributed by atoms with van der Waals surface area (Å²) in [7, 11) is 0. The summed E-state index contributed by atoms with van der Waals surface area (Å²) in [6, 6.07) is 0. The van der Waals surface area contributed by atoms with Gasteiger partial charge in [0.05, 0.1) is 0 Å². The van der Waals surface area contributed by atoms with E-state index < -0.39 is 0 Å². The van der Waals surface area contributed by atoms with E-state index in [2.05, 4.69) is 96.9 Å². The first kappa shape index (κ1) is 59.2. The normalized spacial score (nSPS) is 7.24. The molecule has 0 bridgehead atoms. The summed E-state index contributed by atoms with van der Waals surface area (Å²) in [5, 5.41) is 0. The number of hydrogen-bond donors (Lipinski definition) is 0. The van der Waals surface area contributed by atoms with Crippen LogP contribution in [0, 0.1) is 0 Å². The monoisotopic (exact) mass is 495 g/mol. The Kier molecular flexibility index (Phi) is 230. The van der Waals surface area contributed by atoms with Crippen molar-refractivity contribution in [2.24, 2.45) is 0 Å². The van der Waals surface area contributed by atoms with Crippen molar-refractivity contribution >= 4 is 0 Å². The van der Waals surface area contributed by atoms with Gasteiger partial charge in [-0.15, -0.1) is 0 Å². The summed E-state index contributed by atoms with van der Waals surface area (Å²) in [5.41, 5.74) is 0. The Morgan fingerprint density at radius 3 is 0.265 bits per heavy atom. The molecule has 34 heavy (non-hydrogen) atoms. The van der Waals surface area contributed by atoms with Crippen molar-refractivity contribution in [3.05, 3.63) is 0 Å². The quantitative estimate of drug-likeness (QED) is 0.299. The van der Waals surface area contributed by atoms with Gasteiger partial charge in [0, 0.05) is 0 Å². The highest BCUT2D eigenvalue weighted by atomic mass is 13.8. The lowest BCUT2D eigenvalue weighted by Crippen LogP contribution is -1.59. The van der Waals surface area contributed by atoms with E-state index in [1.54, 1.807) is 0 Å². The minimum atomic E-state index is 1.32. The molecule has 0 aliphatic carbocycles. The Labute approximate surface area is 227 Å². The van der Waals surface area contributed by atoms with Crippen molar-refractivity contribution < 1.29 is 0 Å². The number of rotatable bonds is 9. The molecule has 0 aromatic carbocycles. The maximum Gasteiger partial charge on any atom is -0.0538 e. The summed E-state index contributed by atoms with van der Waals surface area (Å²) in [6.07, 6.45) is 21.3. The van der Waals surface area contributed by atoms with Crippen LogP contribution in [-0.4, -0.2) is 0 Å². The Morgan fingerprint density at radius 1 is 0.176 bits per heavy atom. The SMILES string of the molecule is CC.CC.CCCC.CCCC.CCCC.CCCC.CCCC.CCCCC.CCCCC. The van der Waals surface area contributed by atoms with Crippen molar-refractivity contribution in [2.75, 3.05) is 0 Å². The van der Waals surface area contributed by atoms with Crippen molar-refractivity contribution in [2.45, 2.75) is 227 Å². The zero-order valence-electron chi connectivity index (χ0n) is 29.3. The molecule has 0 heteroatoms. The topological polar surface area (TPSA) is 0 Å². The molecule has 0 saturated heterocycles. The predicted molar refractivity (Wildman–Crippen MR) is 176 cm³/mol. The van der Waals surface area contributed by atoms with Crippen molar-refractivity contribution in [3.63, 3.8) is 0 Å². The van der Waals surface area contributed by atoms with Crippen molar-refractivity contribution in [1.29, 1.82) is 0 Å². The molecule has 222 valence electrons. The van der Waals surface area contributed by atoms with Crippen LogP contribution in [0.3, 0.4) is 0 Å². The van der Waals surface area contributed by atoms with Gasteiger partial charge >= 0.3 is 0 Å². The first-order chi connectivity index (χ1) is 16.4. The Bertz CT molecular complexity index is 84.8. The molecule has 0 fully saturated rings. The highest BCUT2D eigenvalue weighted by Gasteiger charge is 1.68. The van der Waals surface area contributed by atoms with Crippen LogP contribution in [0.15, 0.2) is 0 Å². The van der Waals surface area contributed by atoms with E-state index >= 15 is 0 Å². The van der Waals surface area contributed by atoms with Gasteiger partial charge in [-0.2, -0.15) is 0 Å². The lowest BCUT2D eigenvalue weighted by molar-refractivity contribution is 0.772. The lowest BCUT2D eigenvalue weighted by atomic mass is 10.3. The summed E-state index contributed by atoms with van der Waals surface area (Å²) >= 11 is 0. The average Bonchev–Trinajstić information content (AvgIpc) is 2.92. The Morgan fingerprint density at radius 2 is 0.265 bits per heavy atom. The van der Waals surface area contributed by atoms with Crippen LogP contribution < -0.4 is 0 Å². The molecule has 0 spiro atoms. The molecule has 0 rings (SSSR count). The van der Waals surface area contributed by atoms with Gasteiger partial charge in [-0.25, -0.2) is 0 Å². The Hall–Kier alpha value is 0. The van der Waals surface area contributed by atoms with E-state index in [9.17, 15) is 0 Å². The van der Waals surface area contributed by atoms with E-state index in [-0.39, 0.29) is 0 Å². The van der Waals surface area contributed by atoms with Crippen molar-refractivity contribution in [1.82, 2.24) is 0 Å². The fraction of sp³-hybridized carbons (Fsp3) is 1.00. The first-order valence-electron chi connectivity index (χ1n) is 16.4. The second kappa shape index (κ2) is 132. The first-order valence-corrected chi connectivity index (χ1v) is 16.4. The van der Waals surface area contributed by atoms with E-state index in [1.807, 2.05) is 27.7 Å². The molecule has 0 aromatic heterocycles.